The molecule has 13 heavy (non-hydrogen) atoms. The van der Waals surface area contributed by atoms with Crippen LogP contribution in [0, 0.1) is 0 Å². The fourth-order valence-corrected chi connectivity index (χ4v) is 1.61. The lowest BCUT2D eigenvalue weighted by atomic mass is 10.4. The number of nitrogens with zero attached hydrogens (tertiary/aromatic N) is 1. The molecule has 0 N–H and O–H groups in total. The maximum atomic E-state index is 2.28. The first kappa shape index (κ1) is 12.5. The fourth-order valence-electron chi connectivity index (χ4n) is 0.999. The molecule has 0 fully saturated rings. The van der Waals surface area contributed by atoms with Gasteiger partial charge in [-0.2, -0.15) is 0 Å². The molecule has 0 radical (unpaired) electrons. The molecular formula is C10H16ClNS. The van der Waals surface area contributed by atoms with Crippen molar-refractivity contribution in [3.05, 3.63) is 28.6 Å². The highest BCUT2D eigenvalue weighted by atomic mass is 35.5. The Morgan fingerprint density at radius 2 is 2.08 bits per heavy atom. The van der Waals surface area contributed by atoms with Gasteiger partial charge in [-0.25, -0.2) is 0 Å². The topological polar surface area (TPSA) is 3.24 Å². The lowest BCUT2D eigenvalue weighted by molar-refractivity contribution is 0.421. The standard InChI is InChI=1S/C10H15NS.ClH/c1-3-11(4-2)8-7-10-6-5-9-12-10;/h5-9H,3-4H2,1-2H3;1H. The van der Waals surface area contributed by atoms with E-state index in [-0.39, 0.29) is 12.4 Å². The first-order valence-corrected chi connectivity index (χ1v) is 5.20. The second kappa shape index (κ2) is 6.98. The van der Waals surface area contributed by atoms with Crippen molar-refractivity contribution in [2.75, 3.05) is 13.1 Å². The summed E-state index contributed by atoms with van der Waals surface area (Å²) in [6.07, 6.45) is 4.32. The monoisotopic (exact) mass is 217 g/mol. The van der Waals surface area contributed by atoms with Gasteiger partial charge in [-0.1, -0.05) is 6.07 Å². The van der Waals surface area contributed by atoms with E-state index < -0.39 is 0 Å². The summed E-state index contributed by atoms with van der Waals surface area (Å²) >= 11 is 1.77. The van der Waals surface area contributed by atoms with E-state index in [2.05, 4.69) is 48.5 Å². The molecule has 0 saturated carbocycles. The van der Waals surface area contributed by atoms with Crippen molar-refractivity contribution in [1.82, 2.24) is 4.90 Å². The molecule has 1 heterocycles. The van der Waals surface area contributed by atoms with Crippen LogP contribution in [0.25, 0.3) is 6.08 Å². The third-order valence-corrected chi connectivity index (χ3v) is 2.64. The summed E-state index contributed by atoms with van der Waals surface area (Å²) < 4.78 is 0. The number of halogens is 1. The van der Waals surface area contributed by atoms with Crippen LogP contribution in [-0.4, -0.2) is 18.0 Å². The molecule has 0 aliphatic carbocycles. The molecule has 74 valence electrons. The fraction of sp³-hybridized carbons (Fsp3) is 0.400. The Morgan fingerprint density at radius 3 is 2.54 bits per heavy atom. The maximum Gasteiger partial charge on any atom is 0.0284 e. The van der Waals surface area contributed by atoms with Gasteiger partial charge < -0.3 is 4.90 Å². The highest BCUT2D eigenvalue weighted by molar-refractivity contribution is 7.10. The van der Waals surface area contributed by atoms with E-state index in [4.69, 9.17) is 0 Å². The summed E-state index contributed by atoms with van der Waals surface area (Å²) in [5, 5.41) is 2.10. The van der Waals surface area contributed by atoms with Crippen LogP contribution in [0.15, 0.2) is 23.7 Å². The van der Waals surface area contributed by atoms with Crippen molar-refractivity contribution in [2.45, 2.75) is 13.8 Å². The van der Waals surface area contributed by atoms with Crippen LogP contribution in [0.1, 0.15) is 18.7 Å². The van der Waals surface area contributed by atoms with Crippen molar-refractivity contribution in [3.8, 4) is 0 Å². The molecule has 0 aliphatic rings. The quantitative estimate of drug-likeness (QED) is 0.747. The highest BCUT2D eigenvalue weighted by Crippen LogP contribution is 2.10. The summed E-state index contributed by atoms with van der Waals surface area (Å²) in [6, 6.07) is 4.21. The number of hydrogen-bond donors (Lipinski definition) is 0. The second-order valence-electron chi connectivity index (χ2n) is 2.55. The SMILES string of the molecule is CCN(C=Cc1cccs1)CC.Cl. The Kier molecular flexibility index (Phi) is 6.73. The molecule has 1 aromatic heterocycles. The lowest BCUT2D eigenvalue weighted by Crippen LogP contribution is -2.14. The van der Waals surface area contributed by atoms with E-state index in [1.165, 1.54) is 4.88 Å². The van der Waals surface area contributed by atoms with Crippen LogP contribution in [0.5, 0.6) is 0 Å². The van der Waals surface area contributed by atoms with Crippen LogP contribution >= 0.6 is 23.7 Å². The van der Waals surface area contributed by atoms with Crippen LogP contribution in [0.3, 0.4) is 0 Å². The van der Waals surface area contributed by atoms with E-state index in [1.807, 2.05) is 0 Å². The van der Waals surface area contributed by atoms with E-state index in [0.717, 1.165) is 13.1 Å². The van der Waals surface area contributed by atoms with Crippen molar-refractivity contribution in [1.29, 1.82) is 0 Å². The van der Waals surface area contributed by atoms with Crippen LogP contribution in [0.2, 0.25) is 0 Å². The summed E-state index contributed by atoms with van der Waals surface area (Å²) in [6.45, 7) is 6.50. The van der Waals surface area contributed by atoms with Gasteiger partial charge in [0.25, 0.3) is 0 Å². The van der Waals surface area contributed by atoms with Crippen molar-refractivity contribution < 1.29 is 0 Å². The largest absolute Gasteiger partial charge is 0.378 e. The smallest absolute Gasteiger partial charge is 0.0284 e. The lowest BCUT2D eigenvalue weighted by Gasteiger charge is -2.13. The summed E-state index contributed by atoms with van der Waals surface area (Å²) in [7, 11) is 0. The molecule has 0 saturated heterocycles. The molecule has 0 atom stereocenters. The molecule has 0 aliphatic heterocycles. The molecule has 1 aromatic rings. The Bertz CT molecular complexity index is 227. The molecule has 0 bridgehead atoms. The van der Waals surface area contributed by atoms with Crippen LogP contribution in [-0.2, 0) is 0 Å². The minimum Gasteiger partial charge on any atom is -0.378 e. The predicted octanol–water partition coefficient (Wildman–Crippen LogP) is 3.48. The van der Waals surface area contributed by atoms with E-state index in [9.17, 15) is 0 Å². The first-order valence-electron chi connectivity index (χ1n) is 4.32. The second-order valence-corrected chi connectivity index (χ2v) is 3.53. The molecule has 0 spiro atoms. The number of thiophene rings is 1. The van der Waals surface area contributed by atoms with Gasteiger partial charge in [-0.05, 0) is 31.4 Å². The highest BCUT2D eigenvalue weighted by Gasteiger charge is 1.90. The number of rotatable bonds is 4. The summed E-state index contributed by atoms with van der Waals surface area (Å²) in [5.41, 5.74) is 0. The van der Waals surface area contributed by atoms with Crippen molar-refractivity contribution in [3.63, 3.8) is 0 Å². The van der Waals surface area contributed by atoms with Crippen LogP contribution < -0.4 is 0 Å². The number of hydrogen-bond acceptors (Lipinski definition) is 2. The maximum absolute atomic E-state index is 2.28. The van der Waals surface area contributed by atoms with E-state index >= 15 is 0 Å². The summed E-state index contributed by atoms with van der Waals surface area (Å²) in [5.74, 6) is 0. The Hall–Kier alpha value is -0.470. The van der Waals surface area contributed by atoms with Gasteiger partial charge in [0.15, 0.2) is 0 Å². The molecule has 1 rings (SSSR count). The van der Waals surface area contributed by atoms with E-state index in [1.54, 1.807) is 11.3 Å². The molecule has 0 aromatic carbocycles. The molecular weight excluding hydrogens is 202 g/mol. The van der Waals surface area contributed by atoms with Gasteiger partial charge in [0.1, 0.15) is 0 Å². The molecule has 0 amide bonds. The Morgan fingerprint density at radius 1 is 1.38 bits per heavy atom. The van der Waals surface area contributed by atoms with Crippen molar-refractivity contribution in [2.24, 2.45) is 0 Å². The zero-order valence-electron chi connectivity index (χ0n) is 8.06. The molecule has 3 heteroatoms. The van der Waals surface area contributed by atoms with E-state index in [0.29, 0.717) is 0 Å². The zero-order chi connectivity index (χ0) is 8.81. The molecule has 1 nitrogen and oxygen atoms in total. The third kappa shape index (κ3) is 4.34. The first-order chi connectivity index (χ1) is 5.86. The average Bonchev–Trinajstić information content (AvgIpc) is 2.59. The Balaban J connectivity index is 0.00000144. The van der Waals surface area contributed by atoms with Gasteiger partial charge in [0, 0.05) is 24.2 Å². The minimum atomic E-state index is 0. The predicted molar refractivity (Wildman–Crippen MR) is 63.5 cm³/mol. The summed E-state index contributed by atoms with van der Waals surface area (Å²) in [4.78, 5) is 3.60. The minimum absolute atomic E-state index is 0. The van der Waals surface area contributed by atoms with Gasteiger partial charge in [0.05, 0.1) is 0 Å². The Labute approximate surface area is 90.5 Å². The van der Waals surface area contributed by atoms with Crippen LogP contribution in [0.4, 0.5) is 0 Å². The van der Waals surface area contributed by atoms with Gasteiger partial charge in [-0.3, -0.25) is 0 Å². The zero-order valence-corrected chi connectivity index (χ0v) is 9.70. The molecule has 0 unspecified atom stereocenters. The van der Waals surface area contributed by atoms with Crippen molar-refractivity contribution >= 4 is 29.8 Å². The van der Waals surface area contributed by atoms with Gasteiger partial charge in [0.2, 0.25) is 0 Å². The third-order valence-electron chi connectivity index (χ3n) is 1.81. The normalized spacial score (nSPS) is 10.0. The average molecular weight is 218 g/mol. The van der Waals surface area contributed by atoms with Gasteiger partial charge >= 0.3 is 0 Å². The van der Waals surface area contributed by atoms with Gasteiger partial charge in [-0.15, -0.1) is 23.7 Å².